The quantitative estimate of drug-likeness (QED) is 0.870. The summed E-state index contributed by atoms with van der Waals surface area (Å²) in [5.74, 6) is -0.646. The van der Waals surface area contributed by atoms with E-state index in [1.54, 1.807) is 18.2 Å². The molecule has 2 heterocycles. The molecule has 2 fully saturated rings. The highest BCUT2D eigenvalue weighted by atomic mass is 19.1. The minimum absolute atomic E-state index is 0.186. The lowest BCUT2D eigenvalue weighted by atomic mass is 9.95. The number of benzene rings is 1. The first-order valence-electron chi connectivity index (χ1n) is 6.65. The van der Waals surface area contributed by atoms with Crippen molar-refractivity contribution in [2.45, 2.75) is 37.5 Å². The zero-order chi connectivity index (χ0) is 13.2. The standard InChI is InChI=1S/C14H17FN2O2/c15-10-3-1-2-4-11(10)17-14(18)8-16-12-7-9-5-6-13(12)19-9/h1-4,9,12-13,16H,5-8H2,(H,17,18). The zero-order valence-corrected chi connectivity index (χ0v) is 10.6. The molecular weight excluding hydrogens is 247 g/mol. The Kier molecular flexibility index (Phi) is 3.48. The summed E-state index contributed by atoms with van der Waals surface area (Å²) >= 11 is 0. The van der Waals surface area contributed by atoms with Crippen molar-refractivity contribution in [1.29, 1.82) is 0 Å². The minimum Gasteiger partial charge on any atom is -0.373 e. The third-order valence-electron chi connectivity index (χ3n) is 3.78. The van der Waals surface area contributed by atoms with E-state index in [4.69, 9.17) is 4.74 Å². The SMILES string of the molecule is O=C(CNC1CC2CCC1O2)Nc1ccccc1F. The molecule has 5 heteroatoms. The highest BCUT2D eigenvalue weighted by Crippen LogP contribution is 2.34. The summed E-state index contributed by atoms with van der Waals surface area (Å²) in [7, 11) is 0. The molecule has 0 aromatic heterocycles. The minimum atomic E-state index is -0.417. The molecular formula is C14H17FN2O2. The molecule has 3 rings (SSSR count). The number of carbonyl (C=O) groups excluding carboxylic acids is 1. The number of carbonyl (C=O) groups is 1. The Bertz CT molecular complexity index is 480. The van der Waals surface area contributed by atoms with Crippen molar-refractivity contribution < 1.29 is 13.9 Å². The maximum Gasteiger partial charge on any atom is 0.238 e. The van der Waals surface area contributed by atoms with Crippen LogP contribution in [0.5, 0.6) is 0 Å². The summed E-state index contributed by atoms with van der Waals surface area (Å²) in [6, 6.07) is 6.41. The molecule has 4 nitrogen and oxygen atoms in total. The van der Waals surface area contributed by atoms with Gasteiger partial charge in [-0.05, 0) is 31.4 Å². The van der Waals surface area contributed by atoms with Crippen molar-refractivity contribution in [3.63, 3.8) is 0 Å². The van der Waals surface area contributed by atoms with E-state index in [2.05, 4.69) is 10.6 Å². The molecule has 2 bridgehead atoms. The first-order valence-corrected chi connectivity index (χ1v) is 6.65. The number of hydrogen-bond acceptors (Lipinski definition) is 3. The van der Waals surface area contributed by atoms with E-state index in [9.17, 15) is 9.18 Å². The van der Waals surface area contributed by atoms with Crippen LogP contribution in [0.1, 0.15) is 19.3 Å². The number of rotatable bonds is 4. The number of nitrogens with one attached hydrogen (secondary N) is 2. The number of amides is 1. The molecule has 0 saturated carbocycles. The summed E-state index contributed by atoms with van der Waals surface area (Å²) in [6.45, 7) is 0.186. The van der Waals surface area contributed by atoms with Crippen LogP contribution >= 0.6 is 0 Å². The third-order valence-corrected chi connectivity index (χ3v) is 3.78. The Balaban J connectivity index is 1.48. The van der Waals surface area contributed by atoms with Crippen LogP contribution in [0.15, 0.2) is 24.3 Å². The molecule has 2 aliphatic rings. The normalized spacial score (nSPS) is 28.6. The van der Waals surface area contributed by atoms with E-state index in [0.717, 1.165) is 19.3 Å². The topological polar surface area (TPSA) is 50.4 Å². The van der Waals surface area contributed by atoms with Crippen molar-refractivity contribution in [2.24, 2.45) is 0 Å². The fraction of sp³-hybridized carbons (Fsp3) is 0.500. The first kappa shape index (κ1) is 12.6. The average molecular weight is 264 g/mol. The van der Waals surface area contributed by atoms with Crippen LogP contribution in [0.2, 0.25) is 0 Å². The fourth-order valence-corrected chi connectivity index (χ4v) is 2.83. The molecule has 0 radical (unpaired) electrons. The number of para-hydroxylation sites is 1. The zero-order valence-electron chi connectivity index (χ0n) is 10.6. The van der Waals surface area contributed by atoms with Gasteiger partial charge in [0.25, 0.3) is 0 Å². The van der Waals surface area contributed by atoms with E-state index < -0.39 is 5.82 Å². The van der Waals surface area contributed by atoms with Crippen LogP contribution in [-0.2, 0) is 9.53 Å². The van der Waals surface area contributed by atoms with Gasteiger partial charge >= 0.3 is 0 Å². The van der Waals surface area contributed by atoms with Gasteiger partial charge < -0.3 is 15.4 Å². The van der Waals surface area contributed by atoms with Crippen molar-refractivity contribution in [3.05, 3.63) is 30.1 Å². The maximum atomic E-state index is 13.4. The lowest BCUT2D eigenvalue weighted by Gasteiger charge is -2.19. The molecule has 1 aromatic carbocycles. The van der Waals surface area contributed by atoms with Gasteiger partial charge in [0.05, 0.1) is 24.4 Å². The van der Waals surface area contributed by atoms with Gasteiger partial charge in [-0.3, -0.25) is 4.79 Å². The molecule has 1 amide bonds. The molecule has 2 saturated heterocycles. The predicted molar refractivity (Wildman–Crippen MR) is 69.3 cm³/mol. The molecule has 0 spiro atoms. The third kappa shape index (κ3) is 2.77. The van der Waals surface area contributed by atoms with Crippen LogP contribution in [0.3, 0.4) is 0 Å². The second-order valence-electron chi connectivity index (χ2n) is 5.13. The first-order chi connectivity index (χ1) is 9.22. The monoisotopic (exact) mass is 264 g/mol. The van der Waals surface area contributed by atoms with Crippen LogP contribution in [0, 0.1) is 5.82 Å². The molecule has 2 N–H and O–H groups in total. The van der Waals surface area contributed by atoms with Crippen LogP contribution in [0.4, 0.5) is 10.1 Å². The number of halogens is 1. The average Bonchev–Trinajstić information content (AvgIpc) is 3.01. The summed E-state index contributed by atoms with van der Waals surface area (Å²) in [4.78, 5) is 11.7. The highest BCUT2D eigenvalue weighted by Gasteiger charge is 2.40. The second kappa shape index (κ2) is 5.27. The highest BCUT2D eigenvalue weighted by molar-refractivity contribution is 5.92. The predicted octanol–water partition coefficient (Wildman–Crippen LogP) is 1.67. The Hall–Kier alpha value is -1.46. The fourth-order valence-electron chi connectivity index (χ4n) is 2.83. The van der Waals surface area contributed by atoms with E-state index >= 15 is 0 Å². The van der Waals surface area contributed by atoms with Crippen molar-refractivity contribution in [3.8, 4) is 0 Å². The van der Waals surface area contributed by atoms with Gasteiger partial charge in [-0.1, -0.05) is 12.1 Å². The van der Waals surface area contributed by atoms with Gasteiger partial charge in [-0.25, -0.2) is 4.39 Å². The molecule has 3 atom stereocenters. The summed E-state index contributed by atoms with van der Waals surface area (Å²) in [5.41, 5.74) is 0.221. The van der Waals surface area contributed by atoms with E-state index in [1.807, 2.05) is 0 Å². The van der Waals surface area contributed by atoms with Crippen molar-refractivity contribution >= 4 is 11.6 Å². The van der Waals surface area contributed by atoms with Crippen molar-refractivity contribution in [1.82, 2.24) is 5.32 Å². The van der Waals surface area contributed by atoms with Gasteiger partial charge in [0, 0.05) is 6.04 Å². The van der Waals surface area contributed by atoms with E-state index in [1.165, 1.54) is 6.07 Å². The van der Waals surface area contributed by atoms with E-state index in [0.29, 0.717) is 6.10 Å². The van der Waals surface area contributed by atoms with Gasteiger partial charge in [0.15, 0.2) is 0 Å². The van der Waals surface area contributed by atoms with Gasteiger partial charge in [0.2, 0.25) is 5.91 Å². The number of fused-ring (bicyclic) bond motifs is 2. The van der Waals surface area contributed by atoms with Crippen LogP contribution < -0.4 is 10.6 Å². The number of anilines is 1. The molecule has 3 unspecified atom stereocenters. The summed E-state index contributed by atoms with van der Waals surface area (Å²) in [6.07, 6.45) is 3.77. The Morgan fingerprint density at radius 1 is 1.37 bits per heavy atom. The Morgan fingerprint density at radius 2 is 2.21 bits per heavy atom. The summed E-state index contributed by atoms with van der Waals surface area (Å²) < 4.78 is 19.1. The Morgan fingerprint density at radius 3 is 2.89 bits per heavy atom. The summed E-state index contributed by atoms with van der Waals surface area (Å²) in [5, 5.41) is 5.75. The lowest BCUT2D eigenvalue weighted by molar-refractivity contribution is -0.115. The smallest absolute Gasteiger partial charge is 0.238 e. The van der Waals surface area contributed by atoms with Gasteiger partial charge in [0.1, 0.15) is 5.82 Å². The molecule has 1 aromatic rings. The molecule has 19 heavy (non-hydrogen) atoms. The van der Waals surface area contributed by atoms with Gasteiger partial charge in [-0.15, -0.1) is 0 Å². The molecule has 0 aliphatic carbocycles. The second-order valence-corrected chi connectivity index (χ2v) is 5.13. The van der Waals surface area contributed by atoms with E-state index in [-0.39, 0.29) is 30.3 Å². The molecule has 2 aliphatic heterocycles. The van der Waals surface area contributed by atoms with Gasteiger partial charge in [-0.2, -0.15) is 0 Å². The largest absolute Gasteiger partial charge is 0.373 e. The maximum absolute atomic E-state index is 13.4. The van der Waals surface area contributed by atoms with Crippen LogP contribution in [-0.4, -0.2) is 30.7 Å². The number of hydrogen-bond donors (Lipinski definition) is 2. The number of ether oxygens (including phenoxy) is 1. The van der Waals surface area contributed by atoms with Crippen molar-refractivity contribution in [2.75, 3.05) is 11.9 Å². The lowest BCUT2D eigenvalue weighted by Crippen LogP contribution is -2.41. The van der Waals surface area contributed by atoms with Crippen LogP contribution in [0.25, 0.3) is 0 Å². The Labute approximate surface area is 111 Å². The molecule has 102 valence electrons.